The summed E-state index contributed by atoms with van der Waals surface area (Å²) < 4.78 is 46.7. The van der Waals surface area contributed by atoms with Gasteiger partial charge in [-0.25, -0.2) is 18.2 Å². The normalized spacial score (nSPS) is 17.7. The first-order valence-electron chi connectivity index (χ1n) is 11.7. The van der Waals surface area contributed by atoms with E-state index in [1.54, 1.807) is 43.0 Å². The molecule has 1 amide bonds. The molecular formula is C25H35FN4O4S. The fourth-order valence-electron chi connectivity index (χ4n) is 3.86. The molecule has 35 heavy (non-hydrogen) atoms. The van der Waals surface area contributed by atoms with Gasteiger partial charge in [0.25, 0.3) is 10.0 Å². The topological polar surface area (TPSA) is 91.8 Å². The van der Waals surface area contributed by atoms with E-state index >= 15 is 0 Å². The smallest absolute Gasteiger partial charge is 0.410 e. The van der Waals surface area contributed by atoms with Crippen LogP contribution in [0.4, 0.5) is 20.7 Å². The number of nitrogens with one attached hydrogen (secondary N) is 1. The second-order valence-electron chi connectivity index (χ2n) is 10.0. The van der Waals surface area contributed by atoms with Crippen LogP contribution < -0.4 is 9.62 Å². The number of rotatable bonds is 6. The van der Waals surface area contributed by atoms with Gasteiger partial charge in [-0.3, -0.25) is 9.11 Å². The van der Waals surface area contributed by atoms with E-state index in [4.69, 9.17) is 4.74 Å². The highest BCUT2D eigenvalue weighted by atomic mass is 32.2. The van der Waals surface area contributed by atoms with Gasteiger partial charge in [-0.15, -0.1) is 0 Å². The van der Waals surface area contributed by atoms with E-state index in [0.717, 1.165) is 5.56 Å². The molecule has 8 nitrogen and oxygen atoms in total. The van der Waals surface area contributed by atoms with E-state index in [9.17, 15) is 17.6 Å². The van der Waals surface area contributed by atoms with Crippen molar-refractivity contribution in [2.24, 2.45) is 0 Å². The number of amides is 1. The van der Waals surface area contributed by atoms with Crippen molar-refractivity contribution in [2.75, 3.05) is 35.9 Å². The molecule has 1 saturated heterocycles. The lowest BCUT2D eigenvalue weighted by Gasteiger charge is -2.40. The monoisotopic (exact) mass is 506 g/mol. The minimum Gasteiger partial charge on any atom is -0.444 e. The summed E-state index contributed by atoms with van der Waals surface area (Å²) in [7, 11) is -3.82. The Kier molecular flexibility index (Phi) is 7.93. The van der Waals surface area contributed by atoms with Crippen molar-refractivity contribution >= 4 is 27.6 Å². The van der Waals surface area contributed by atoms with Crippen LogP contribution in [0.25, 0.3) is 0 Å². The molecule has 2 atom stereocenters. The first-order valence-corrected chi connectivity index (χ1v) is 13.2. The molecule has 192 valence electrons. The predicted molar refractivity (Wildman–Crippen MR) is 135 cm³/mol. The predicted octanol–water partition coefficient (Wildman–Crippen LogP) is 4.71. The van der Waals surface area contributed by atoms with Crippen molar-refractivity contribution in [1.29, 1.82) is 0 Å². The molecule has 1 aromatic carbocycles. The number of benzene rings is 1. The summed E-state index contributed by atoms with van der Waals surface area (Å²) in [5.41, 5.74) is 1.12. The molecule has 1 aliphatic rings. The van der Waals surface area contributed by atoms with E-state index in [-0.39, 0.29) is 22.9 Å². The largest absolute Gasteiger partial charge is 0.444 e. The zero-order chi connectivity index (χ0) is 26.0. The summed E-state index contributed by atoms with van der Waals surface area (Å²) in [5, 5.41) is 0. The molecule has 1 unspecified atom stereocenters. The third-order valence-electron chi connectivity index (χ3n) is 5.89. The Balaban J connectivity index is 1.68. The fraction of sp³-hybridized carbons (Fsp3) is 0.520. The lowest BCUT2D eigenvalue weighted by atomic mass is 10.0. The number of aromatic nitrogens is 1. The first kappa shape index (κ1) is 26.7. The number of hydrogen-bond acceptors (Lipinski definition) is 6. The van der Waals surface area contributed by atoms with Crippen molar-refractivity contribution in [3.63, 3.8) is 0 Å². The van der Waals surface area contributed by atoms with Crippen LogP contribution in [0.3, 0.4) is 0 Å². The number of hydrogen-bond donors (Lipinski definition) is 1. The second-order valence-corrected chi connectivity index (χ2v) is 11.7. The number of pyridine rings is 1. The standard InChI is InChI=1S/C25H35FN4O4S/c1-17(15-26)20-7-9-21(10-8-20)35(32,33)28-22-11-12-23(27-19(22)3)29-13-14-30(18(2)16-29)24(31)34-25(4,5)6/h7-12,17-18,28H,13-16H2,1-6H3/t17-,18?/m1/s1. The van der Waals surface area contributed by atoms with Crippen LogP contribution in [-0.2, 0) is 14.8 Å². The number of carbonyl (C=O) groups excluding carboxylic acids is 1. The van der Waals surface area contributed by atoms with Crippen LogP contribution in [0.1, 0.15) is 51.8 Å². The molecule has 0 saturated carbocycles. The van der Waals surface area contributed by atoms with Gasteiger partial charge in [0.2, 0.25) is 0 Å². The first-order chi connectivity index (χ1) is 16.3. The van der Waals surface area contributed by atoms with Gasteiger partial charge < -0.3 is 14.5 Å². The quantitative estimate of drug-likeness (QED) is 0.610. The number of halogens is 1. The van der Waals surface area contributed by atoms with Gasteiger partial charge in [-0.2, -0.15) is 0 Å². The second kappa shape index (κ2) is 10.4. The maximum Gasteiger partial charge on any atom is 0.410 e. The number of carbonyl (C=O) groups is 1. The number of aryl methyl sites for hydroxylation is 1. The van der Waals surface area contributed by atoms with Gasteiger partial charge in [0.15, 0.2) is 0 Å². The summed E-state index contributed by atoms with van der Waals surface area (Å²) in [6, 6.07) is 9.61. The van der Waals surface area contributed by atoms with Gasteiger partial charge in [0.1, 0.15) is 11.4 Å². The minimum absolute atomic E-state index is 0.0676. The average Bonchev–Trinajstić information content (AvgIpc) is 2.78. The van der Waals surface area contributed by atoms with E-state index in [1.165, 1.54) is 12.1 Å². The summed E-state index contributed by atoms with van der Waals surface area (Å²) in [6.45, 7) is 12.2. The highest BCUT2D eigenvalue weighted by Gasteiger charge is 2.31. The Labute approximate surface area is 207 Å². The molecular weight excluding hydrogens is 471 g/mol. The molecule has 3 rings (SSSR count). The highest BCUT2D eigenvalue weighted by molar-refractivity contribution is 7.92. The molecule has 2 aromatic rings. The number of sulfonamides is 1. The number of anilines is 2. The van der Waals surface area contributed by atoms with Crippen molar-refractivity contribution in [1.82, 2.24) is 9.88 Å². The van der Waals surface area contributed by atoms with Crippen molar-refractivity contribution in [3.05, 3.63) is 47.7 Å². The third-order valence-corrected chi connectivity index (χ3v) is 7.27. The molecule has 1 aromatic heterocycles. The van der Waals surface area contributed by atoms with Crippen LogP contribution in [0, 0.1) is 6.92 Å². The molecule has 1 N–H and O–H groups in total. The van der Waals surface area contributed by atoms with Crippen LogP contribution in [-0.4, -0.2) is 62.3 Å². The number of nitrogens with zero attached hydrogens (tertiary/aromatic N) is 3. The maximum atomic E-state index is 12.9. The Morgan fingerprint density at radius 2 is 1.86 bits per heavy atom. The van der Waals surface area contributed by atoms with Gasteiger partial charge in [-0.05, 0) is 64.4 Å². The van der Waals surface area contributed by atoms with E-state index in [1.807, 2.05) is 27.7 Å². The van der Waals surface area contributed by atoms with Crippen molar-refractivity contribution in [3.8, 4) is 0 Å². The highest BCUT2D eigenvalue weighted by Crippen LogP contribution is 2.25. The zero-order valence-electron chi connectivity index (χ0n) is 21.2. The zero-order valence-corrected chi connectivity index (χ0v) is 22.0. The summed E-state index contributed by atoms with van der Waals surface area (Å²) in [4.78, 5) is 21.0. The fourth-order valence-corrected chi connectivity index (χ4v) is 4.98. The minimum atomic E-state index is -3.82. The van der Waals surface area contributed by atoms with E-state index in [0.29, 0.717) is 36.8 Å². The van der Waals surface area contributed by atoms with Crippen LogP contribution in [0.15, 0.2) is 41.3 Å². The molecule has 1 fully saturated rings. The van der Waals surface area contributed by atoms with Gasteiger partial charge >= 0.3 is 6.09 Å². The summed E-state index contributed by atoms with van der Waals surface area (Å²) in [5.74, 6) is 0.429. The molecule has 0 bridgehead atoms. The molecule has 0 spiro atoms. The molecule has 0 radical (unpaired) electrons. The van der Waals surface area contributed by atoms with E-state index in [2.05, 4.69) is 14.6 Å². The number of piperazine rings is 1. The van der Waals surface area contributed by atoms with E-state index < -0.39 is 22.3 Å². The summed E-state index contributed by atoms with van der Waals surface area (Å²) >= 11 is 0. The number of alkyl halides is 1. The van der Waals surface area contributed by atoms with Crippen LogP contribution >= 0.6 is 0 Å². The van der Waals surface area contributed by atoms with Crippen LogP contribution in [0.2, 0.25) is 0 Å². The lowest BCUT2D eigenvalue weighted by molar-refractivity contribution is 0.0158. The number of ether oxygens (including phenoxy) is 1. The molecule has 10 heteroatoms. The van der Waals surface area contributed by atoms with Gasteiger partial charge in [0.05, 0.1) is 23.0 Å². The Bertz CT molecular complexity index is 1150. The van der Waals surface area contributed by atoms with Gasteiger partial charge in [-0.1, -0.05) is 19.1 Å². The Morgan fingerprint density at radius 1 is 1.20 bits per heavy atom. The molecule has 0 aliphatic carbocycles. The van der Waals surface area contributed by atoms with Gasteiger partial charge in [0, 0.05) is 31.6 Å². The molecule has 2 heterocycles. The summed E-state index contributed by atoms with van der Waals surface area (Å²) in [6.07, 6.45) is -0.328. The average molecular weight is 507 g/mol. The third kappa shape index (κ3) is 6.62. The maximum absolute atomic E-state index is 12.9. The lowest BCUT2D eigenvalue weighted by Crippen LogP contribution is -2.55. The molecule has 1 aliphatic heterocycles. The van der Waals surface area contributed by atoms with Crippen molar-refractivity contribution in [2.45, 2.75) is 64.0 Å². The van der Waals surface area contributed by atoms with Crippen molar-refractivity contribution < 1.29 is 22.3 Å². The Morgan fingerprint density at radius 3 is 2.40 bits per heavy atom. The Hall–Kier alpha value is -2.88. The SMILES string of the molecule is Cc1nc(N2CCN(C(=O)OC(C)(C)C)C(C)C2)ccc1NS(=O)(=O)c1ccc([C@H](C)CF)cc1. The van der Waals surface area contributed by atoms with Crippen LogP contribution in [0.5, 0.6) is 0 Å².